The van der Waals surface area contributed by atoms with Gasteiger partial charge < -0.3 is 9.47 Å². The van der Waals surface area contributed by atoms with Gasteiger partial charge in [0.2, 0.25) is 5.75 Å². The normalized spacial score (nSPS) is 10.1. The van der Waals surface area contributed by atoms with Crippen LogP contribution in [-0.4, -0.2) is 17.7 Å². The van der Waals surface area contributed by atoms with Crippen LogP contribution in [0.4, 0.5) is 10.5 Å². The number of benzene rings is 1. The van der Waals surface area contributed by atoms with Crippen LogP contribution in [0.1, 0.15) is 45.4 Å². The third-order valence-corrected chi connectivity index (χ3v) is 2.97. The fourth-order valence-corrected chi connectivity index (χ4v) is 1.85. The molecule has 0 saturated carbocycles. The van der Waals surface area contributed by atoms with Crippen molar-refractivity contribution in [1.82, 2.24) is 0 Å². The number of unbranched alkanes of at least 4 members (excludes halogenated alkanes) is 5. The van der Waals surface area contributed by atoms with Crippen molar-refractivity contribution < 1.29 is 19.2 Å². The van der Waals surface area contributed by atoms with Crippen molar-refractivity contribution >= 4 is 11.8 Å². The second kappa shape index (κ2) is 9.74. The molecule has 0 amide bonds. The molecule has 0 aliphatic carbocycles. The molecule has 21 heavy (non-hydrogen) atoms. The van der Waals surface area contributed by atoms with Gasteiger partial charge in [-0.1, -0.05) is 51.2 Å². The van der Waals surface area contributed by atoms with E-state index in [2.05, 4.69) is 6.92 Å². The Kier molecular flexibility index (Phi) is 7.86. The summed E-state index contributed by atoms with van der Waals surface area (Å²) in [7, 11) is 0. The van der Waals surface area contributed by atoms with Crippen LogP contribution in [0.5, 0.6) is 5.75 Å². The Morgan fingerprint density at radius 1 is 1.14 bits per heavy atom. The minimum Gasteiger partial charge on any atom is -0.434 e. The number of para-hydroxylation sites is 2. The molecule has 0 unspecified atom stereocenters. The fraction of sp³-hybridized carbons (Fsp3) is 0.533. The van der Waals surface area contributed by atoms with E-state index in [-0.39, 0.29) is 18.0 Å². The molecule has 1 rings (SSSR count). The Hall–Kier alpha value is -2.11. The van der Waals surface area contributed by atoms with Crippen LogP contribution in [0.25, 0.3) is 0 Å². The van der Waals surface area contributed by atoms with E-state index in [1.165, 1.54) is 37.5 Å². The van der Waals surface area contributed by atoms with E-state index >= 15 is 0 Å². The zero-order valence-electron chi connectivity index (χ0n) is 12.2. The lowest BCUT2D eigenvalue weighted by Crippen LogP contribution is -2.12. The molecule has 1 aromatic carbocycles. The molecule has 0 bridgehead atoms. The summed E-state index contributed by atoms with van der Waals surface area (Å²) in [6.45, 7) is 2.42. The van der Waals surface area contributed by atoms with Gasteiger partial charge in [0.25, 0.3) is 0 Å². The van der Waals surface area contributed by atoms with E-state index in [1.54, 1.807) is 6.07 Å². The lowest BCUT2D eigenvalue weighted by molar-refractivity contribution is -0.385. The van der Waals surface area contributed by atoms with Crippen molar-refractivity contribution in [2.75, 3.05) is 6.61 Å². The monoisotopic (exact) mass is 295 g/mol. The smallest absolute Gasteiger partial charge is 0.434 e. The summed E-state index contributed by atoms with van der Waals surface area (Å²) in [6.07, 6.45) is 5.60. The van der Waals surface area contributed by atoms with Crippen LogP contribution in [0.3, 0.4) is 0 Å². The second-order valence-electron chi connectivity index (χ2n) is 4.69. The molecular weight excluding hydrogens is 274 g/mol. The summed E-state index contributed by atoms with van der Waals surface area (Å²) in [5, 5.41) is 10.8. The van der Waals surface area contributed by atoms with Gasteiger partial charge in [0.1, 0.15) is 0 Å². The van der Waals surface area contributed by atoms with Gasteiger partial charge in [-0.3, -0.25) is 10.1 Å². The third-order valence-electron chi connectivity index (χ3n) is 2.97. The minimum absolute atomic E-state index is 0.101. The Bertz CT molecular complexity index is 461. The highest BCUT2D eigenvalue weighted by atomic mass is 16.7. The van der Waals surface area contributed by atoms with Gasteiger partial charge in [-0.05, 0) is 12.5 Å². The van der Waals surface area contributed by atoms with Crippen molar-refractivity contribution in [3.05, 3.63) is 34.4 Å². The van der Waals surface area contributed by atoms with Gasteiger partial charge in [0, 0.05) is 6.07 Å². The van der Waals surface area contributed by atoms with E-state index in [0.717, 1.165) is 19.3 Å². The number of nitro benzene ring substituents is 1. The van der Waals surface area contributed by atoms with Gasteiger partial charge in [-0.2, -0.15) is 0 Å². The number of nitrogens with zero attached hydrogens (tertiary/aromatic N) is 1. The topological polar surface area (TPSA) is 78.7 Å². The van der Waals surface area contributed by atoms with Crippen molar-refractivity contribution in [3.63, 3.8) is 0 Å². The van der Waals surface area contributed by atoms with Crippen LogP contribution in [0, 0.1) is 10.1 Å². The molecule has 0 aromatic heterocycles. The molecule has 1 aromatic rings. The van der Waals surface area contributed by atoms with E-state index in [1.807, 2.05) is 0 Å². The van der Waals surface area contributed by atoms with Crippen molar-refractivity contribution in [3.8, 4) is 5.75 Å². The summed E-state index contributed by atoms with van der Waals surface area (Å²) in [4.78, 5) is 21.6. The first-order chi connectivity index (χ1) is 10.1. The summed E-state index contributed by atoms with van der Waals surface area (Å²) < 4.78 is 9.75. The molecule has 0 heterocycles. The molecule has 0 fully saturated rings. The Morgan fingerprint density at radius 2 is 1.81 bits per heavy atom. The number of hydrogen-bond donors (Lipinski definition) is 0. The molecular formula is C15H21NO5. The molecule has 0 N–H and O–H groups in total. The Morgan fingerprint density at radius 3 is 2.52 bits per heavy atom. The zero-order valence-corrected chi connectivity index (χ0v) is 12.2. The maximum absolute atomic E-state index is 11.5. The zero-order chi connectivity index (χ0) is 15.5. The average molecular weight is 295 g/mol. The molecule has 6 nitrogen and oxygen atoms in total. The van der Waals surface area contributed by atoms with E-state index < -0.39 is 11.1 Å². The summed E-state index contributed by atoms with van der Waals surface area (Å²) in [5.74, 6) is -0.101. The quantitative estimate of drug-likeness (QED) is 0.221. The predicted molar refractivity (Wildman–Crippen MR) is 78.4 cm³/mol. The lowest BCUT2D eigenvalue weighted by Gasteiger charge is -2.06. The molecule has 116 valence electrons. The van der Waals surface area contributed by atoms with Crippen molar-refractivity contribution in [2.45, 2.75) is 45.4 Å². The van der Waals surface area contributed by atoms with Crippen LogP contribution in [0.2, 0.25) is 0 Å². The Balaban J connectivity index is 2.27. The number of rotatable bonds is 9. The van der Waals surface area contributed by atoms with E-state index in [4.69, 9.17) is 9.47 Å². The maximum Gasteiger partial charge on any atom is 0.514 e. The van der Waals surface area contributed by atoms with Gasteiger partial charge >= 0.3 is 11.8 Å². The van der Waals surface area contributed by atoms with Crippen LogP contribution < -0.4 is 4.74 Å². The van der Waals surface area contributed by atoms with Gasteiger partial charge in [-0.25, -0.2) is 4.79 Å². The summed E-state index contributed by atoms with van der Waals surface area (Å²) >= 11 is 0. The summed E-state index contributed by atoms with van der Waals surface area (Å²) in [5.41, 5.74) is -0.256. The highest BCUT2D eigenvalue weighted by Crippen LogP contribution is 2.26. The van der Waals surface area contributed by atoms with Crippen LogP contribution in [-0.2, 0) is 4.74 Å². The predicted octanol–water partition coefficient (Wildman–Crippen LogP) is 4.47. The standard InChI is InChI=1S/C15H21NO5/c1-2-3-4-5-6-9-12-20-15(17)21-14-11-8-7-10-13(14)16(18)19/h7-8,10-11H,2-6,9,12H2,1H3. The molecule has 0 spiro atoms. The van der Waals surface area contributed by atoms with Gasteiger partial charge in [-0.15, -0.1) is 0 Å². The van der Waals surface area contributed by atoms with Crippen LogP contribution in [0.15, 0.2) is 24.3 Å². The minimum atomic E-state index is -0.905. The first-order valence-electron chi connectivity index (χ1n) is 7.23. The molecule has 6 heteroatoms. The third kappa shape index (κ3) is 6.74. The van der Waals surface area contributed by atoms with Gasteiger partial charge in [0.05, 0.1) is 11.5 Å². The number of nitro groups is 1. The SMILES string of the molecule is CCCCCCCCOC(=O)Oc1ccccc1[N+](=O)[O-]. The highest BCUT2D eigenvalue weighted by molar-refractivity contribution is 5.66. The van der Waals surface area contributed by atoms with Crippen LogP contribution >= 0.6 is 0 Å². The fourth-order valence-electron chi connectivity index (χ4n) is 1.85. The molecule has 0 saturated heterocycles. The number of carbonyl (C=O) groups is 1. The van der Waals surface area contributed by atoms with Gasteiger partial charge in [0.15, 0.2) is 0 Å². The first kappa shape index (κ1) is 16.9. The number of hydrogen-bond acceptors (Lipinski definition) is 5. The lowest BCUT2D eigenvalue weighted by atomic mass is 10.1. The van der Waals surface area contributed by atoms with E-state index in [0.29, 0.717) is 0 Å². The van der Waals surface area contributed by atoms with Crippen molar-refractivity contribution in [1.29, 1.82) is 0 Å². The molecule has 0 aliphatic heterocycles. The average Bonchev–Trinajstić information content (AvgIpc) is 2.46. The molecule has 0 atom stereocenters. The maximum atomic E-state index is 11.5. The highest BCUT2D eigenvalue weighted by Gasteiger charge is 2.17. The molecule has 0 aliphatic rings. The summed E-state index contributed by atoms with van der Waals surface area (Å²) in [6, 6.07) is 5.70. The largest absolute Gasteiger partial charge is 0.514 e. The first-order valence-corrected chi connectivity index (χ1v) is 7.23. The number of ether oxygens (including phenoxy) is 2. The van der Waals surface area contributed by atoms with E-state index in [9.17, 15) is 14.9 Å². The Labute approximate surface area is 124 Å². The molecule has 0 radical (unpaired) electrons. The van der Waals surface area contributed by atoms with Crippen molar-refractivity contribution in [2.24, 2.45) is 0 Å². The second-order valence-corrected chi connectivity index (χ2v) is 4.69. The number of carbonyl (C=O) groups excluding carboxylic acids is 1.